The third-order valence-electron chi connectivity index (χ3n) is 8.41. The van der Waals surface area contributed by atoms with E-state index >= 15 is 0 Å². The van der Waals surface area contributed by atoms with E-state index in [0.717, 1.165) is 23.2 Å². The van der Waals surface area contributed by atoms with Crippen molar-refractivity contribution in [1.29, 1.82) is 0 Å². The lowest BCUT2D eigenvalue weighted by Gasteiger charge is -2.45. The third kappa shape index (κ3) is 4.53. The van der Waals surface area contributed by atoms with Gasteiger partial charge in [0.05, 0.1) is 21.2 Å². The summed E-state index contributed by atoms with van der Waals surface area (Å²) in [7, 11) is -2.29. The highest BCUT2D eigenvalue weighted by Gasteiger charge is 2.54. The smallest absolute Gasteiger partial charge is 0.0895 e. The van der Waals surface area contributed by atoms with Crippen LogP contribution < -0.4 is 21.2 Å². The van der Waals surface area contributed by atoms with Crippen LogP contribution in [-0.2, 0) is 0 Å². The summed E-state index contributed by atoms with van der Waals surface area (Å²) in [5.74, 6) is 1.83. The average Bonchev–Trinajstić information content (AvgIpc) is 3.69. The molecule has 4 atom stereocenters. The highest BCUT2D eigenvalue weighted by atomic mass is 31.2. The maximum atomic E-state index is 2.51. The van der Waals surface area contributed by atoms with Crippen LogP contribution in [0.1, 0.15) is 38.5 Å². The topological polar surface area (TPSA) is 0 Å². The Morgan fingerprint density at radius 3 is 0.921 bits per heavy atom. The fraction of sp³-hybridized carbons (Fsp3) is 0.294. The first-order valence-corrected chi connectivity index (χ1v) is 16.5. The largest absolute Gasteiger partial charge is 0.138 e. The van der Waals surface area contributed by atoms with Crippen molar-refractivity contribution in [1.82, 2.24) is 0 Å². The summed E-state index contributed by atoms with van der Waals surface area (Å²) < 4.78 is 0. The van der Waals surface area contributed by atoms with E-state index in [2.05, 4.69) is 121 Å². The molecule has 4 aromatic carbocycles. The zero-order valence-corrected chi connectivity index (χ0v) is 22.8. The highest BCUT2D eigenvalue weighted by molar-refractivity contribution is 8.09. The van der Waals surface area contributed by atoms with Crippen molar-refractivity contribution in [3.63, 3.8) is 0 Å². The second-order valence-electron chi connectivity index (χ2n) is 10.4. The fourth-order valence-electron chi connectivity index (χ4n) is 7.00. The molecule has 2 fully saturated rings. The Morgan fingerprint density at radius 1 is 0.395 bits per heavy atom. The van der Waals surface area contributed by atoms with Gasteiger partial charge in [-0.05, 0) is 98.9 Å². The van der Waals surface area contributed by atoms with Gasteiger partial charge in [0.15, 0.2) is 0 Å². The maximum absolute atomic E-state index is 2.51. The number of benzene rings is 4. The summed E-state index contributed by atoms with van der Waals surface area (Å²) in [6.07, 6.45) is 8.78. The lowest BCUT2D eigenvalue weighted by Crippen LogP contribution is -2.41. The third-order valence-corrected chi connectivity index (χ3v) is 14.4. The Hall–Kier alpha value is -2.13. The van der Waals surface area contributed by atoms with Gasteiger partial charge in [0.1, 0.15) is 15.1 Å². The van der Waals surface area contributed by atoms with Crippen LogP contribution in [0.5, 0.6) is 0 Å². The van der Waals surface area contributed by atoms with E-state index in [1.54, 1.807) is 21.2 Å². The van der Waals surface area contributed by atoms with Gasteiger partial charge in [0, 0.05) is 11.3 Å². The molecule has 0 spiro atoms. The second-order valence-corrected chi connectivity index (χ2v) is 15.3. The molecule has 0 bridgehead atoms. The molecule has 2 aliphatic rings. The van der Waals surface area contributed by atoms with Crippen molar-refractivity contribution in [2.24, 2.45) is 11.8 Å². The lowest BCUT2D eigenvalue weighted by atomic mass is 9.89. The quantitative estimate of drug-likeness (QED) is 0.225. The van der Waals surface area contributed by atoms with E-state index in [1.165, 1.54) is 38.5 Å². The minimum absolute atomic E-state index is 0.126. The van der Waals surface area contributed by atoms with Gasteiger partial charge in [0.25, 0.3) is 0 Å². The molecule has 4 unspecified atom stereocenters. The molecule has 0 aliphatic heterocycles. The molecule has 0 saturated heterocycles. The zero-order valence-electron chi connectivity index (χ0n) is 21.0. The van der Waals surface area contributed by atoms with Crippen molar-refractivity contribution in [3.05, 3.63) is 121 Å². The van der Waals surface area contributed by atoms with Crippen molar-refractivity contribution < 1.29 is 0 Å². The summed E-state index contributed by atoms with van der Waals surface area (Å²) >= 11 is 0. The summed E-state index contributed by atoms with van der Waals surface area (Å²) in [5, 5.41) is 6.90. The average molecular weight is 534 g/mol. The molecular weight excluding hydrogens is 492 g/mol. The molecule has 194 valence electrons. The highest BCUT2D eigenvalue weighted by Crippen LogP contribution is 2.69. The van der Waals surface area contributed by atoms with Crippen LogP contribution in [0.2, 0.25) is 0 Å². The first kappa shape index (κ1) is 26.1. The van der Waals surface area contributed by atoms with Gasteiger partial charge >= 0.3 is 0 Å². The van der Waals surface area contributed by atoms with Crippen molar-refractivity contribution in [2.45, 2.75) is 49.8 Å². The van der Waals surface area contributed by atoms with Crippen molar-refractivity contribution in [2.75, 3.05) is 0 Å². The van der Waals surface area contributed by atoms with Crippen LogP contribution in [0.4, 0.5) is 0 Å². The van der Waals surface area contributed by atoms with E-state index in [-0.39, 0.29) is 15.1 Å². The van der Waals surface area contributed by atoms with E-state index in [9.17, 15) is 0 Å². The zero-order chi connectivity index (χ0) is 26.0. The van der Waals surface area contributed by atoms with Gasteiger partial charge in [-0.3, -0.25) is 0 Å². The molecular formula is C34H42B2P2. The van der Waals surface area contributed by atoms with Crippen LogP contribution in [0.25, 0.3) is 0 Å². The predicted octanol–water partition coefficient (Wildman–Crippen LogP) is 5.22. The van der Waals surface area contributed by atoms with Crippen LogP contribution in [0.15, 0.2) is 121 Å². The van der Waals surface area contributed by atoms with Gasteiger partial charge in [-0.25, -0.2) is 0 Å². The van der Waals surface area contributed by atoms with Gasteiger partial charge in [-0.1, -0.05) is 87.1 Å². The van der Waals surface area contributed by atoms with E-state index in [0.29, 0.717) is 0 Å². The molecule has 0 heterocycles. The monoisotopic (exact) mass is 534 g/mol. The minimum atomic E-state index is -1.27. The molecule has 6 rings (SSSR count). The Bertz CT molecular complexity index is 1130. The molecule has 0 amide bonds. The molecule has 2 aliphatic carbocycles. The number of hydrogen-bond donors (Lipinski definition) is 0. The minimum Gasteiger partial charge on any atom is -0.0895 e. The maximum Gasteiger partial charge on any atom is 0.138 e. The lowest BCUT2D eigenvalue weighted by molar-refractivity contribution is 0.357. The Morgan fingerprint density at radius 2 is 0.658 bits per heavy atom. The summed E-state index contributed by atoms with van der Waals surface area (Å²) in [6, 6.07) is 47.6. The second kappa shape index (κ2) is 11.2. The molecule has 0 nitrogen and oxygen atoms in total. The van der Waals surface area contributed by atoms with E-state index in [4.69, 9.17) is 0 Å². The van der Waals surface area contributed by atoms with Crippen LogP contribution in [-0.4, -0.2) is 26.4 Å². The van der Waals surface area contributed by atoms with Gasteiger partial charge in [-0.15, -0.1) is 0 Å². The van der Waals surface area contributed by atoms with Crippen molar-refractivity contribution in [3.8, 4) is 0 Å². The van der Waals surface area contributed by atoms with Crippen LogP contribution in [0.3, 0.4) is 0 Å². The molecule has 2 saturated carbocycles. The number of hydrogen-bond acceptors (Lipinski definition) is 0. The standard InChI is InChI=1S/C34H42B2P2/c35-37(27-15-5-1-6-16-27,28-17-7-2-8-18-28)33-25-13-23-31(33)32-24-14-26-34(32)38(36,29-19-9-3-10-20-29)30-21-11-4-12-22-30/h1-12,15-22,31-34H,13-14,23-26H2,35-36H3. The van der Waals surface area contributed by atoms with E-state index in [1.807, 2.05) is 0 Å². The SMILES string of the molecule is [BH3-][P+](c1ccccc1)(c1ccccc1)C1CCCC1C1CCCC1[P+]([BH3-])(c1ccccc1)c1ccccc1. The first-order valence-electron chi connectivity index (χ1n) is 13.7. The number of rotatable bonds is 7. The van der Waals surface area contributed by atoms with Gasteiger partial charge < -0.3 is 0 Å². The van der Waals surface area contributed by atoms with Gasteiger partial charge in [-0.2, -0.15) is 0 Å². The summed E-state index contributed by atoms with van der Waals surface area (Å²) in [5.41, 5.74) is 1.83. The predicted molar refractivity (Wildman–Crippen MR) is 180 cm³/mol. The van der Waals surface area contributed by atoms with Gasteiger partial charge in [0.2, 0.25) is 0 Å². The Labute approximate surface area is 233 Å². The summed E-state index contributed by atoms with van der Waals surface area (Å²) in [4.78, 5) is 0. The van der Waals surface area contributed by atoms with Crippen LogP contribution >= 0.6 is 14.3 Å². The normalized spacial score (nSPS) is 23.9. The molecule has 0 aromatic heterocycles. The molecule has 4 heteroatoms. The Kier molecular flexibility index (Phi) is 7.67. The molecule has 38 heavy (non-hydrogen) atoms. The fourth-order valence-corrected chi connectivity index (χ4v) is 13.5. The van der Waals surface area contributed by atoms with E-state index < -0.39 is 14.3 Å². The van der Waals surface area contributed by atoms with Crippen molar-refractivity contribution >= 4 is 50.6 Å². The first-order chi connectivity index (χ1) is 18.6. The van der Waals surface area contributed by atoms with Crippen LogP contribution in [0, 0.1) is 11.8 Å². The summed E-state index contributed by atoms with van der Waals surface area (Å²) in [6.45, 7) is 0. The Balaban J connectivity index is 1.44. The molecule has 4 aromatic rings. The molecule has 0 N–H and O–H groups in total. The molecule has 0 radical (unpaired) electrons.